The fourth-order valence-corrected chi connectivity index (χ4v) is 2.78. The van der Waals surface area contributed by atoms with Gasteiger partial charge in [-0.05, 0) is 35.0 Å². The normalized spacial score (nSPS) is 10.5. The Bertz CT molecular complexity index is 759. The molecule has 0 bridgehead atoms. The summed E-state index contributed by atoms with van der Waals surface area (Å²) in [5, 5.41) is 5.23. The van der Waals surface area contributed by atoms with Gasteiger partial charge in [0, 0.05) is 11.1 Å². The van der Waals surface area contributed by atoms with Crippen LogP contribution in [0.3, 0.4) is 0 Å². The molecular formula is C17H14N2OS. The van der Waals surface area contributed by atoms with Gasteiger partial charge in [-0.2, -0.15) is 0 Å². The van der Waals surface area contributed by atoms with Gasteiger partial charge >= 0.3 is 0 Å². The molecule has 0 unspecified atom stereocenters. The lowest BCUT2D eigenvalue weighted by Crippen LogP contribution is -2.13. The van der Waals surface area contributed by atoms with Crippen LogP contribution in [0.15, 0.2) is 71.9 Å². The van der Waals surface area contributed by atoms with Crippen molar-refractivity contribution in [3.63, 3.8) is 0 Å². The first-order valence-electron chi connectivity index (χ1n) is 6.63. The Labute approximate surface area is 127 Å². The van der Waals surface area contributed by atoms with Gasteiger partial charge in [0.25, 0.3) is 0 Å². The predicted molar refractivity (Wildman–Crippen MR) is 87.5 cm³/mol. The number of rotatable bonds is 4. The van der Waals surface area contributed by atoms with Gasteiger partial charge in [-0.3, -0.25) is 9.78 Å². The van der Waals surface area contributed by atoms with Crippen LogP contribution < -0.4 is 5.32 Å². The molecule has 0 aliphatic rings. The number of hydrogen-bond acceptors (Lipinski definition) is 3. The first-order valence-corrected chi connectivity index (χ1v) is 7.61. The van der Waals surface area contributed by atoms with E-state index in [2.05, 4.69) is 34.6 Å². The molecule has 0 fully saturated rings. The van der Waals surface area contributed by atoms with E-state index >= 15 is 0 Å². The first-order chi connectivity index (χ1) is 10.3. The average Bonchev–Trinajstić information content (AvgIpc) is 2.54. The SMILES string of the molecule is O=C(CSc1ccc2ccccc2c1)Nc1cccnc1. The zero-order valence-electron chi connectivity index (χ0n) is 11.3. The number of nitrogens with one attached hydrogen (secondary N) is 1. The molecule has 4 heteroatoms. The Morgan fingerprint density at radius 2 is 1.90 bits per heavy atom. The monoisotopic (exact) mass is 294 g/mol. The van der Waals surface area contributed by atoms with E-state index < -0.39 is 0 Å². The molecule has 104 valence electrons. The van der Waals surface area contributed by atoms with Crippen LogP contribution >= 0.6 is 11.8 Å². The number of aromatic nitrogens is 1. The molecule has 1 N–H and O–H groups in total. The molecule has 0 saturated carbocycles. The van der Waals surface area contributed by atoms with E-state index in [4.69, 9.17) is 0 Å². The maximum absolute atomic E-state index is 11.9. The third-order valence-corrected chi connectivity index (χ3v) is 4.03. The third kappa shape index (κ3) is 3.61. The summed E-state index contributed by atoms with van der Waals surface area (Å²) >= 11 is 1.53. The van der Waals surface area contributed by atoms with Crippen molar-refractivity contribution in [2.45, 2.75) is 4.90 Å². The van der Waals surface area contributed by atoms with Crippen LogP contribution in [-0.2, 0) is 4.79 Å². The summed E-state index contributed by atoms with van der Waals surface area (Å²) in [6, 6.07) is 18.1. The third-order valence-electron chi connectivity index (χ3n) is 3.04. The number of carbonyl (C=O) groups excluding carboxylic acids is 1. The number of carbonyl (C=O) groups is 1. The molecule has 0 saturated heterocycles. The molecular weight excluding hydrogens is 280 g/mol. The molecule has 0 spiro atoms. The summed E-state index contributed by atoms with van der Waals surface area (Å²) in [6.45, 7) is 0. The van der Waals surface area contributed by atoms with Crippen molar-refractivity contribution in [2.75, 3.05) is 11.1 Å². The van der Waals surface area contributed by atoms with Gasteiger partial charge < -0.3 is 5.32 Å². The molecule has 3 aromatic rings. The summed E-state index contributed by atoms with van der Waals surface area (Å²) < 4.78 is 0. The van der Waals surface area contributed by atoms with Crippen molar-refractivity contribution >= 4 is 34.1 Å². The first kappa shape index (κ1) is 13.6. The highest BCUT2D eigenvalue weighted by atomic mass is 32.2. The zero-order chi connectivity index (χ0) is 14.5. The number of pyridine rings is 1. The van der Waals surface area contributed by atoms with Crippen LogP contribution in [0.2, 0.25) is 0 Å². The molecule has 0 radical (unpaired) electrons. The number of thioether (sulfide) groups is 1. The fraction of sp³-hybridized carbons (Fsp3) is 0.0588. The summed E-state index contributed by atoms with van der Waals surface area (Å²) in [4.78, 5) is 17.0. The fourth-order valence-electron chi connectivity index (χ4n) is 2.04. The second kappa shape index (κ2) is 6.41. The Kier molecular flexibility index (Phi) is 4.17. The molecule has 21 heavy (non-hydrogen) atoms. The van der Waals surface area contributed by atoms with E-state index in [0.29, 0.717) is 5.75 Å². The van der Waals surface area contributed by atoms with Crippen molar-refractivity contribution in [3.05, 3.63) is 67.0 Å². The highest BCUT2D eigenvalue weighted by Gasteiger charge is 2.04. The second-order valence-corrected chi connectivity index (χ2v) is 5.64. The smallest absolute Gasteiger partial charge is 0.234 e. The lowest BCUT2D eigenvalue weighted by atomic mass is 10.1. The number of nitrogens with zero attached hydrogens (tertiary/aromatic N) is 1. The maximum Gasteiger partial charge on any atom is 0.234 e. The van der Waals surface area contributed by atoms with Crippen LogP contribution in [0.25, 0.3) is 10.8 Å². The van der Waals surface area contributed by atoms with Gasteiger partial charge in [-0.1, -0.05) is 30.3 Å². The summed E-state index contributed by atoms with van der Waals surface area (Å²) in [5.74, 6) is 0.355. The quantitative estimate of drug-likeness (QED) is 0.740. The van der Waals surface area contributed by atoms with Crippen molar-refractivity contribution in [1.82, 2.24) is 4.98 Å². The predicted octanol–water partition coefficient (Wildman–Crippen LogP) is 3.97. The molecule has 0 aliphatic carbocycles. The van der Waals surface area contributed by atoms with E-state index in [9.17, 15) is 4.79 Å². The van der Waals surface area contributed by atoms with Gasteiger partial charge in [0.05, 0.1) is 17.6 Å². The number of amides is 1. The number of anilines is 1. The Balaban J connectivity index is 1.62. The van der Waals surface area contributed by atoms with Crippen molar-refractivity contribution in [3.8, 4) is 0 Å². The van der Waals surface area contributed by atoms with E-state index in [1.165, 1.54) is 22.5 Å². The van der Waals surface area contributed by atoms with Crippen LogP contribution in [0.5, 0.6) is 0 Å². The Hall–Kier alpha value is -2.33. The molecule has 0 atom stereocenters. The average molecular weight is 294 g/mol. The molecule has 2 aromatic carbocycles. The molecule has 1 amide bonds. The van der Waals surface area contributed by atoms with Crippen LogP contribution in [0, 0.1) is 0 Å². The standard InChI is InChI=1S/C17H14N2OS/c20-17(19-15-6-3-9-18-11-15)12-21-16-8-7-13-4-1-2-5-14(13)10-16/h1-11H,12H2,(H,19,20). The molecule has 3 nitrogen and oxygen atoms in total. The van der Waals surface area contributed by atoms with Crippen molar-refractivity contribution < 1.29 is 4.79 Å². The van der Waals surface area contributed by atoms with Gasteiger partial charge in [0.2, 0.25) is 5.91 Å². The van der Waals surface area contributed by atoms with Gasteiger partial charge in [0.15, 0.2) is 0 Å². The Morgan fingerprint density at radius 3 is 2.71 bits per heavy atom. The van der Waals surface area contributed by atoms with E-state index in [-0.39, 0.29) is 5.91 Å². The van der Waals surface area contributed by atoms with E-state index in [1.54, 1.807) is 18.5 Å². The Morgan fingerprint density at radius 1 is 1.05 bits per heavy atom. The van der Waals surface area contributed by atoms with Crippen LogP contribution in [0.4, 0.5) is 5.69 Å². The van der Waals surface area contributed by atoms with E-state index in [1.807, 2.05) is 24.3 Å². The minimum absolute atomic E-state index is 0.0267. The maximum atomic E-state index is 11.9. The number of hydrogen-bond donors (Lipinski definition) is 1. The number of fused-ring (bicyclic) bond motifs is 1. The second-order valence-electron chi connectivity index (χ2n) is 4.59. The number of benzene rings is 2. The summed E-state index contributed by atoms with van der Waals surface area (Å²) in [5.41, 5.74) is 0.724. The van der Waals surface area contributed by atoms with Gasteiger partial charge in [-0.25, -0.2) is 0 Å². The summed E-state index contributed by atoms with van der Waals surface area (Å²) in [7, 11) is 0. The van der Waals surface area contributed by atoms with Gasteiger partial charge in [0.1, 0.15) is 0 Å². The molecule has 3 rings (SSSR count). The largest absolute Gasteiger partial charge is 0.324 e. The topological polar surface area (TPSA) is 42.0 Å². The lowest BCUT2D eigenvalue weighted by Gasteiger charge is -2.05. The van der Waals surface area contributed by atoms with Gasteiger partial charge in [-0.15, -0.1) is 11.8 Å². The highest BCUT2D eigenvalue weighted by molar-refractivity contribution is 8.00. The van der Waals surface area contributed by atoms with Crippen molar-refractivity contribution in [1.29, 1.82) is 0 Å². The van der Waals surface area contributed by atoms with Crippen LogP contribution in [0.1, 0.15) is 0 Å². The minimum atomic E-state index is -0.0267. The lowest BCUT2D eigenvalue weighted by molar-refractivity contribution is -0.113. The summed E-state index contributed by atoms with van der Waals surface area (Å²) in [6.07, 6.45) is 3.32. The highest BCUT2D eigenvalue weighted by Crippen LogP contribution is 2.23. The molecule has 0 aliphatic heterocycles. The zero-order valence-corrected chi connectivity index (χ0v) is 12.1. The molecule has 1 heterocycles. The van der Waals surface area contributed by atoms with E-state index in [0.717, 1.165) is 10.6 Å². The minimum Gasteiger partial charge on any atom is -0.324 e. The van der Waals surface area contributed by atoms with Crippen LogP contribution in [-0.4, -0.2) is 16.6 Å². The molecule has 1 aromatic heterocycles. The van der Waals surface area contributed by atoms with Crippen molar-refractivity contribution in [2.24, 2.45) is 0 Å².